The quantitative estimate of drug-likeness (QED) is 0.849. The first kappa shape index (κ1) is 13.3. The van der Waals surface area contributed by atoms with Crippen molar-refractivity contribution in [1.82, 2.24) is 14.9 Å². The maximum absolute atomic E-state index is 4.82. The smallest absolute Gasteiger partial charge is 0.150 e. The summed E-state index contributed by atoms with van der Waals surface area (Å²) < 4.78 is 0. The van der Waals surface area contributed by atoms with Gasteiger partial charge in [-0.15, -0.1) is 0 Å². The van der Waals surface area contributed by atoms with E-state index < -0.39 is 0 Å². The largest absolute Gasteiger partial charge is 0.352 e. The Labute approximate surface area is 129 Å². The molecule has 1 aromatic carbocycles. The van der Waals surface area contributed by atoms with E-state index in [1.807, 2.05) is 24.3 Å². The third-order valence-corrected chi connectivity index (χ3v) is 5.39. The topological polar surface area (TPSA) is 32.3 Å². The zero-order valence-electron chi connectivity index (χ0n) is 12.3. The molecule has 110 valence electrons. The predicted molar refractivity (Wildman–Crippen MR) is 89.2 cm³/mol. The summed E-state index contributed by atoms with van der Waals surface area (Å²) in [7, 11) is 0. The van der Waals surface area contributed by atoms with Crippen molar-refractivity contribution in [3.8, 4) is 0 Å². The van der Waals surface area contributed by atoms with Gasteiger partial charge in [-0.1, -0.05) is 12.1 Å². The first-order valence-corrected chi connectivity index (χ1v) is 8.77. The number of anilines is 1. The third-order valence-electron chi connectivity index (χ3n) is 4.44. The number of benzene rings is 1. The molecule has 2 saturated heterocycles. The van der Waals surface area contributed by atoms with Gasteiger partial charge >= 0.3 is 0 Å². The number of aryl methyl sites for hydroxylation is 1. The first-order valence-electron chi connectivity index (χ1n) is 7.61. The molecule has 0 N–H and O–H groups in total. The number of thioether (sulfide) groups is 1. The van der Waals surface area contributed by atoms with Crippen molar-refractivity contribution in [1.29, 1.82) is 0 Å². The van der Waals surface area contributed by atoms with Crippen LogP contribution in [0.25, 0.3) is 11.0 Å². The number of fused-ring (bicyclic) bond motifs is 1. The van der Waals surface area contributed by atoms with Crippen molar-refractivity contribution in [2.24, 2.45) is 0 Å². The normalized spacial score (nSPS) is 20.7. The Balaban J connectivity index is 1.51. The lowest BCUT2D eigenvalue weighted by atomic mass is 10.1. The average Bonchev–Trinajstić information content (AvgIpc) is 2.47. The lowest BCUT2D eigenvalue weighted by molar-refractivity contribution is 0.182. The number of rotatable bonds is 2. The molecular weight excluding hydrogens is 280 g/mol. The molecule has 0 aliphatic carbocycles. The fraction of sp³-hybridized carbons (Fsp3) is 0.500. The van der Waals surface area contributed by atoms with Crippen LogP contribution in [0.2, 0.25) is 0 Å². The lowest BCUT2D eigenvalue weighted by Gasteiger charge is -2.47. The summed E-state index contributed by atoms with van der Waals surface area (Å²) in [6, 6.07) is 8.83. The van der Waals surface area contributed by atoms with Crippen molar-refractivity contribution in [2.75, 3.05) is 42.6 Å². The SMILES string of the molecule is Cc1nc2ccccc2nc1N1CC(N2CCSCC2)C1. The van der Waals surface area contributed by atoms with Crippen molar-refractivity contribution in [2.45, 2.75) is 13.0 Å². The molecule has 0 unspecified atom stereocenters. The summed E-state index contributed by atoms with van der Waals surface area (Å²) in [4.78, 5) is 14.5. The second-order valence-electron chi connectivity index (χ2n) is 5.83. The molecule has 2 aliphatic rings. The summed E-state index contributed by atoms with van der Waals surface area (Å²) >= 11 is 2.07. The van der Waals surface area contributed by atoms with Gasteiger partial charge in [0.15, 0.2) is 5.82 Å². The summed E-state index contributed by atoms with van der Waals surface area (Å²) in [6.45, 7) is 6.74. The number of nitrogens with zero attached hydrogens (tertiary/aromatic N) is 4. The van der Waals surface area contributed by atoms with Crippen LogP contribution < -0.4 is 4.90 Å². The Morgan fingerprint density at radius 2 is 1.71 bits per heavy atom. The molecule has 0 spiro atoms. The number of aromatic nitrogens is 2. The monoisotopic (exact) mass is 300 g/mol. The molecule has 4 rings (SSSR count). The highest BCUT2D eigenvalue weighted by Gasteiger charge is 2.34. The Morgan fingerprint density at radius 3 is 2.43 bits per heavy atom. The van der Waals surface area contributed by atoms with Crippen LogP contribution in [-0.4, -0.2) is 58.6 Å². The average molecular weight is 300 g/mol. The second kappa shape index (κ2) is 5.46. The highest BCUT2D eigenvalue weighted by Crippen LogP contribution is 2.27. The molecule has 2 aromatic rings. The van der Waals surface area contributed by atoms with Gasteiger partial charge in [-0.25, -0.2) is 9.97 Å². The molecule has 0 amide bonds. The van der Waals surface area contributed by atoms with Crippen molar-refractivity contribution < 1.29 is 0 Å². The van der Waals surface area contributed by atoms with Gasteiger partial charge in [0.25, 0.3) is 0 Å². The Hall–Kier alpha value is -1.33. The van der Waals surface area contributed by atoms with Crippen LogP contribution in [0.4, 0.5) is 5.82 Å². The maximum atomic E-state index is 4.82. The van der Waals surface area contributed by atoms with Crippen LogP contribution in [0.5, 0.6) is 0 Å². The molecule has 1 aromatic heterocycles. The van der Waals surface area contributed by atoms with Crippen LogP contribution in [0.15, 0.2) is 24.3 Å². The van der Waals surface area contributed by atoms with Crippen LogP contribution in [0, 0.1) is 6.92 Å². The minimum atomic E-state index is 0.707. The maximum Gasteiger partial charge on any atom is 0.150 e. The molecule has 4 nitrogen and oxygen atoms in total. The minimum absolute atomic E-state index is 0.707. The lowest BCUT2D eigenvalue weighted by Crippen LogP contribution is -2.61. The van der Waals surface area contributed by atoms with Crippen molar-refractivity contribution in [3.63, 3.8) is 0 Å². The van der Waals surface area contributed by atoms with Crippen LogP contribution >= 0.6 is 11.8 Å². The van der Waals surface area contributed by atoms with E-state index in [1.165, 1.54) is 24.6 Å². The fourth-order valence-corrected chi connectivity index (χ4v) is 4.11. The Bertz CT molecular complexity index is 648. The van der Waals surface area contributed by atoms with E-state index in [0.29, 0.717) is 6.04 Å². The minimum Gasteiger partial charge on any atom is -0.352 e. The fourth-order valence-electron chi connectivity index (χ4n) is 3.18. The van der Waals surface area contributed by atoms with E-state index in [0.717, 1.165) is 35.6 Å². The highest BCUT2D eigenvalue weighted by molar-refractivity contribution is 7.99. The van der Waals surface area contributed by atoms with Crippen molar-refractivity contribution >= 4 is 28.6 Å². The van der Waals surface area contributed by atoms with Gasteiger partial charge in [0.05, 0.1) is 16.7 Å². The van der Waals surface area contributed by atoms with E-state index >= 15 is 0 Å². The van der Waals surface area contributed by atoms with Crippen molar-refractivity contribution in [3.05, 3.63) is 30.0 Å². The zero-order valence-corrected chi connectivity index (χ0v) is 13.1. The van der Waals surface area contributed by atoms with Crippen LogP contribution in [-0.2, 0) is 0 Å². The Morgan fingerprint density at radius 1 is 1.05 bits per heavy atom. The molecule has 2 aliphatic heterocycles. The molecule has 21 heavy (non-hydrogen) atoms. The summed E-state index contributed by atoms with van der Waals surface area (Å²) in [5, 5.41) is 0. The predicted octanol–water partition coefficient (Wildman–Crippen LogP) is 2.18. The van der Waals surface area contributed by atoms with Gasteiger partial charge in [-0.2, -0.15) is 11.8 Å². The number of hydrogen-bond donors (Lipinski definition) is 0. The second-order valence-corrected chi connectivity index (χ2v) is 7.05. The van der Waals surface area contributed by atoms with Gasteiger partial charge in [0.2, 0.25) is 0 Å². The first-order chi connectivity index (χ1) is 10.3. The van der Waals surface area contributed by atoms with Gasteiger partial charge in [0, 0.05) is 43.7 Å². The van der Waals surface area contributed by atoms with E-state index in [2.05, 4.69) is 28.5 Å². The molecular formula is C16H20N4S. The van der Waals surface area contributed by atoms with Gasteiger partial charge in [-0.05, 0) is 19.1 Å². The summed E-state index contributed by atoms with van der Waals surface area (Å²) in [6.07, 6.45) is 0. The number of para-hydroxylation sites is 2. The molecule has 0 radical (unpaired) electrons. The highest BCUT2D eigenvalue weighted by atomic mass is 32.2. The number of hydrogen-bond acceptors (Lipinski definition) is 5. The standard InChI is InChI=1S/C16H20N4S/c1-12-16(18-15-5-3-2-4-14(15)17-12)20-10-13(11-20)19-6-8-21-9-7-19/h2-5,13H,6-11H2,1H3. The third kappa shape index (κ3) is 2.49. The van der Waals surface area contributed by atoms with E-state index in [9.17, 15) is 0 Å². The molecule has 5 heteroatoms. The molecule has 0 saturated carbocycles. The molecule has 2 fully saturated rings. The van der Waals surface area contributed by atoms with Crippen LogP contribution in [0.3, 0.4) is 0 Å². The van der Waals surface area contributed by atoms with Gasteiger partial charge in [0.1, 0.15) is 0 Å². The molecule has 3 heterocycles. The summed E-state index contributed by atoms with van der Waals surface area (Å²) in [5.41, 5.74) is 3.03. The Kier molecular flexibility index (Phi) is 3.47. The van der Waals surface area contributed by atoms with Gasteiger partial charge in [-0.3, -0.25) is 4.90 Å². The van der Waals surface area contributed by atoms with E-state index in [-0.39, 0.29) is 0 Å². The zero-order chi connectivity index (χ0) is 14.2. The van der Waals surface area contributed by atoms with E-state index in [4.69, 9.17) is 9.97 Å². The van der Waals surface area contributed by atoms with E-state index in [1.54, 1.807) is 0 Å². The van der Waals surface area contributed by atoms with Crippen LogP contribution in [0.1, 0.15) is 5.69 Å². The molecule has 0 bridgehead atoms. The summed E-state index contributed by atoms with van der Waals surface area (Å²) in [5.74, 6) is 3.63. The molecule has 0 atom stereocenters. The van der Waals surface area contributed by atoms with Gasteiger partial charge < -0.3 is 4.90 Å².